The van der Waals surface area contributed by atoms with Crippen LogP contribution in [0.2, 0.25) is 0 Å². The van der Waals surface area contributed by atoms with Crippen molar-refractivity contribution in [2.45, 2.75) is 238 Å². The molecule has 0 aromatic heterocycles. The summed E-state index contributed by atoms with van der Waals surface area (Å²) in [5.41, 5.74) is 0. The van der Waals surface area contributed by atoms with E-state index in [1.165, 1.54) is 57.8 Å². The number of likely N-dealkylation sites (N-methyl/N-ethyl adjacent to an activating group) is 1. The van der Waals surface area contributed by atoms with Crippen molar-refractivity contribution in [3.8, 4) is 0 Å². The molecule has 0 amide bonds. The highest BCUT2D eigenvalue weighted by Crippen LogP contribution is 2.43. The second kappa shape index (κ2) is 66.3. The summed E-state index contributed by atoms with van der Waals surface area (Å²) in [5.74, 6) is -0.864. The van der Waals surface area contributed by atoms with Gasteiger partial charge in [-0.25, -0.2) is 4.57 Å². The molecule has 0 spiro atoms. The monoisotopic (exact) mass is 1230 g/mol. The van der Waals surface area contributed by atoms with Gasteiger partial charge in [0.25, 0.3) is 0 Å². The largest absolute Gasteiger partial charge is 0.472 e. The maximum atomic E-state index is 12.9. The molecule has 0 aromatic rings. The number of esters is 2. The third-order valence-electron chi connectivity index (χ3n) is 13.6. The Morgan fingerprint density at radius 3 is 0.932 bits per heavy atom. The Morgan fingerprint density at radius 1 is 0.352 bits per heavy atom. The van der Waals surface area contributed by atoms with Gasteiger partial charge in [0.1, 0.15) is 19.8 Å². The predicted molar refractivity (Wildman–Crippen MR) is 380 cm³/mol. The third kappa shape index (κ3) is 69.9. The van der Waals surface area contributed by atoms with Crippen LogP contribution in [0.5, 0.6) is 0 Å². The molecule has 0 heterocycles. The summed E-state index contributed by atoms with van der Waals surface area (Å²) in [6.07, 6.45) is 104. The van der Waals surface area contributed by atoms with Crippen LogP contribution >= 0.6 is 7.82 Å². The molecule has 88 heavy (non-hydrogen) atoms. The molecule has 0 rings (SSSR count). The lowest BCUT2D eigenvalue weighted by Gasteiger charge is -2.24. The molecule has 0 fully saturated rings. The van der Waals surface area contributed by atoms with Crippen molar-refractivity contribution < 1.29 is 42.1 Å². The van der Waals surface area contributed by atoms with E-state index in [1.54, 1.807) is 0 Å². The van der Waals surface area contributed by atoms with Crippen molar-refractivity contribution in [1.82, 2.24) is 0 Å². The van der Waals surface area contributed by atoms with Crippen molar-refractivity contribution in [3.63, 3.8) is 0 Å². The van der Waals surface area contributed by atoms with Crippen molar-refractivity contribution >= 4 is 19.8 Å². The molecule has 0 aromatic carbocycles. The zero-order chi connectivity index (χ0) is 64.1. The van der Waals surface area contributed by atoms with Crippen LogP contribution in [0.1, 0.15) is 232 Å². The van der Waals surface area contributed by atoms with E-state index in [0.717, 1.165) is 141 Å². The summed E-state index contributed by atoms with van der Waals surface area (Å²) >= 11 is 0. The normalized spacial score (nSPS) is 14.4. The van der Waals surface area contributed by atoms with Gasteiger partial charge in [-0.15, -0.1) is 0 Å². The van der Waals surface area contributed by atoms with E-state index in [9.17, 15) is 19.0 Å². The minimum Gasteiger partial charge on any atom is -0.462 e. The van der Waals surface area contributed by atoms with Gasteiger partial charge in [0.15, 0.2) is 6.10 Å². The number of allylic oxidation sites excluding steroid dienone is 32. The number of phosphoric ester groups is 1. The van der Waals surface area contributed by atoms with Crippen LogP contribution < -0.4 is 0 Å². The molecule has 10 heteroatoms. The Hall–Kier alpha value is -5.15. The van der Waals surface area contributed by atoms with Gasteiger partial charge >= 0.3 is 19.8 Å². The highest BCUT2D eigenvalue weighted by Gasteiger charge is 2.27. The van der Waals surface area contributed by atoms with Crippen LogP contribution in [0.15, 0.2) is 194 Å². The fourth-order valence-electron chi connectivity index (χ4n) is 8.46. The molecular weight excluding hydrogens is 1110 g/mol. The maximum Gasteiger partial charge on any atom is 0.472 e. The average molecular weight is 1240 g/mol. The summed E-state index contributed by atoms with van der Waals surface area (Å²) in [7, 11) is 1.42. The smallest absolute Gasteiger partial charge is 0.462 e. The molecule has 0 aliphatic carbocycles. The van der Waals surface area contributed by atoms with Gasteiger partial charge < -0.3 is 18.9 Å². The van der Waals surface area contributed by atoms with Gasteiger partial charge in [-0.3, -0.25) is 18.6 Å². The van der Waals surface area contributed by atoms with Crippen molar-refractivity contribution in [1.29, 1.82) is 0 Å². The second-order valence-corrected chi connectivity index (χ2v) is 24.5. The number of hydrogen-bond donors (Lipinski definition) is 1. The zero-order valence-electron chi connectivity index (χ0n) is 56.1. The minimum absolute atomic E-state index is 0.0121. The van der Waals surface area contributed by atoms with Crippen molar-refractivity contribution in [2.24, 2.45) is 0 Å². The van der Waals surface area contributed by atoms with E-state index in [0.29, 0.717) is 17.4 Å². The number of rotatable bonds is 60. The topological polar surface area (TPSA) is 108 Å². The number of nitrogens with zero attached hydrogens (tertiary/aromatic N) is 1. The molecule has 0 saturated carbocycles. The van der Waals surface area contributed by atoms with E-state index in [1.807, 2.05) is 21.1 Å². The zero-order valence-corrected chi connectivity index (χ0v) is 57.0. The minimum atomic E-state index is -4.42. The van der Waals surface area contributed by atoms with Crippen molar-refractivity contribution in [2.75, 3.05) is 47.5 Å². The number of ether oxygens (including phenoxy) is 2. The fraction of sp³-hybridized carbons (Fsp3) is 0.564. The fourth-order valence-corrected chi connectivity index (χ4v) is 9.20. The van der Waals surface area contributed by atoms with Crippen LogP contribution in [0.4, 0.5) is 0 Å². The van der Waals surface area contributed by atoms with Crippen LogP contribution in [0.3, 0.4) is 0 Å². The van der Waals surface area contributed by atoms with Crippen LogP contribution in [0, 0.1) is 0 Å². The molecule has 0 aliphatic heterocycles. The van der Waals surface area contributed by atoms with E-state index in [4.69, 9.17) is 18.5 Å². The van der Waals surface area contributed by atoms with Gasteiger partial charge in [-0.2, -0.15) is 0 Å². The van der Waals surface area contributed by atoms with E-state index in [2.05, 4.69) is 208 Å². The predicted octanol–water partition coefficient (Wildman–Crippen LogP) is 22.5. The number of hydrogen-bond acceptors (Lipinski definition) is 7. The number of unbranched alkanes of at least 4 members (excludes halogenated alkanes) is 14. The van der Waals surface area contributed by atoms with Crippen molar-refractivity contribution in [3.05, 3.63) is 194 Å². The van der Waals surface area contributed by atoms with Crippen LogP contribution in [-0.4, -0.2) is 74.9 Å². The Bertz CT molecular complexity index is 2190. The van der Waals surface area contributed by atoms with Gasteiger partial charge in [-0.05, 0) is 141 Å². The van der Waals surface area contributed by atoms with Gasteiger partial charge in [0, 0.05) is 12.8 Å². The highest BCUT2D eigenvalue weighted by molar-refractivity contribution is 7.47. The second-order valence-electron chi connectivity index (χ2n) is 23.1. The first-order chi connectivity index (χ1) is 43.0. The molecule has 9 nitrogen and oxygen atoms in total. The highest BCUT2D eigenvalue weighted by atomic mass is 31.2. The first-order valence-corrected chi connectivity index (χ1v) is 35.7. The number of quaternary nitrogens is 1. The molecule has 0 aliphatic rings. The molecule has 2 unspecified atom stereocenters. The van der Waals surface area contributed by atoms with Crippen LogP contribution in [-0.2, 0) is 32.7 Å². The Kier molecular flexibility index (Phi) is 62.4. The van der Waals surface area contributed by atoms with E-state index < -0.39 is 26.5 Å². The number of carbonyl (C=O) groups excluding carboxylic acids is 2. The number of phosphoric acid groups is 1. The SMILES string of the molecule is CC/C=C\C/C=C\C/C=C\C/C=C\C/C=C\C/C=C\C/C=C\C/C=C\C/C=C\C/C=C\C/C=C\C/C=C\CCCCC(=O)OC(COC(=O)CCCCCCCCCCCCCC/C=C\C/C=C\C/C=C\C/C=C\CC)COP(=O)(O)OCC[N+](C)(C)C. The molecular formula is C78H125NO8P+. The molecule has 2 atom stereocenters. The quantitative estimate of drug-likeness (QED) is 0.0211. The lowest BCUT2D eigenvalue weighted by molar-refractivity contribution is -0.870. The first-order valence-electron chi connectivity index (χ1n) is 34.2. The van der Waals surface area contributed by atoms with Gasteiger partial charge in [-0.1, -0.05) is 272 Å². The summed E-state index contributed by atoms with van der Waals surface area (Å²) in [4.78, 5) is 35.8. The third-order valence-corrected chi connectivity index (χ3v) is 14.6. The molecule has 494 valence electrons. The standard InChI is InChI=1S/C78H124NO8P/c1-6-8-10-12-14-16-18-20-22-24-26-28-30-32-33-34-35-36-37-38-39-40-41-42-43-44-45-47-49-51-53-55-57-59-61-63-65-67-69-71-78(81)87-76(75-86-88(82,83)85-73-72-79(3,4)5)74-84-77(80)70-68-66-64-62-60-58-56-54-52-50-48-46-31-29-27-25-23-21-19-17-15-13-11-9-7-2/h8-11,14-17,20-23,26-29,32-33,35-36,38-39,41-42,44-45,49,51,55,57,61,63,76H,6-7,12-13,18-19,24-25,30-31,34,37,40,43,46-48,50,52-54,56,58-60,62,64-75H2,1-5H3/p+1/b10-8-,11-9-,16-14-,17-15-,22-20-,23-21-,28-26-,29-27-,33-32-,36-35-,39-38-,42-41-,45-44-,51-49-,57-55-,63-61-. The first kappa shape index (κ1) is 82.8. The molecule has 0 radical (unpaired) electrons. The Labute approximate surface area is 539 Å². The Morgan fingerprint density at radius 2 is 0.614 bits per heavy atom. The van der Waals surface area contributed by atoms with Gasteiger partial charge in [0.2, 0.25) is 0 Å². The summed E-state index contributed by atoms with van der Waals surface area (Å²) < 4.78 is 34.6. The Balaban J connectivity index is 4.24. The maximum absolute atomic E-state index is 12.9. The summed E-state index contributed by atoms with van der Waals surface area (Å²) in [6.45, 7) is 4.13. The summed E-state index contributed by atoms with van der Waals surface area (Å²) in [5, 5.41) is 0. The average Bonchev–Trinajstić information content (AvgIpc) is 3.68. The number of carbonyl (C=O) groups is 2. The molecule has 0 saturated heterocycles. The molecule has 0 bridgehead atoms. The van der Waals surface area contributed by atoms with E-state index in [-0.39, 0.29) is 32.0 Å². The summed E-state index contributed by atoms with van der Waals surface area (Å²) in [6, 6.07) is 0. The lowest BCUT2D eigenvalue weighted by atomic mass is 10.0. The molecule has 1 N–H and O–H groups in total. The van der Waals surface area contributed by atoms with E-state index >= 15 is 0 Å². The lowest BCUT2D eigenvalue weighted by Crippen LogP contribution is -2.37. The van der Waals surface area contributed by atoms with Gasteiger partial charge in [0.05, 0.1) is 27.7 Å². The van der Waals surface area contributed by atoms with Crippen LogP contribution in [0.25, 0.3) is 0 Å².